The van der Waals surface area contributed by atoms with Crippen LogP contribution in [0.1, 0.15) is 32.4 Å². The molecule has 0 aliphatic heterocycles. The Balaban J connectivity index is 1.79. The topological polar surface area (TPSA) is 139 Å². The standard InChI is InChI=1S/C28H35FN6O6/c1-17(2)40-25-19(29)15-30-21-14-18(31-24(21)25)16-35-13-9-10-20(27(35)38)32-26(37)22(41-28(39)34(5)6)11-7-8-12-23(36)33(3)4/h8-10,12-15,17,22,31H,7,11,16H2,1-6H3,(H,32,37)/b12-8+. The molecule has 0 aliphatic rings. The monoisotopic (exact) mass is 570 g/mol. The van der Waals surface area contributed by atoms with Crippen molar-refractivity contribution in [2.24, 2.45) is 0 Å². The van der Waals surface area contributed by atoms with Crippen molar-refractivity contribution in [3.05, 3.63) is 64.6 Å². The van der Waals surface area contributed by atoms with Gasteiger partial charge >= 0.3 is 6.09 Å². The van der Waals surface area contributed by atoms with Crippen molar-refractivity contribution in [1.82, 2.24) is 24.3 Å². The SMILES string of the molecule is CC(C)Oc1c(F)cnc2cc(Cn3cccc(NC(=O)C(CC/C=C/C(=O)N(C)C)OC(=O)N(C)C)c3=O)[nH]c12. The van der Waals surface area contributed by atoms with Crippen molar-refractivity contribution in [2.45, 2.75) is 45.4 Å². The number of hydrogen-bond donors (Lipinski definition) is 2. The van der Waals surface area contributed by atoms with Crippen molar-refractivity contribution >= 4 is 34.6 Å². The Morgan fingerprint density at radius 3 is 2.59 bits per heavy atom. The Morgan fingerprint density at radius 2 is 1.93 bits per heavy atom. The first-order valence-electron chi connectivity index (χ1n) is 13.0. The first-order chi connectivity index (χ1) is 19.4. The molecule has 3 amide bonds. The number of carbonyl (C=O) groups excluding carboxylic acids is 3. The Hall–Kier alpha value is -4.68. The van der Waals surface area contributed by atoms with E-state index in [1.165, 1.54) is 40.6 Å². The fraction of sp³-hybridized carbons (Fsp3) is 0.393. The number of allylic oxidation sites excluding steroid dienone is 1. The van der Waals surface area contributed by atoms with Gasteiger partial charge in [-0.3, -0.25) is 19.4 Å². The Labute approximate surface area is 236 Å². The Kier molecular flexibility index (Phi) is 10.2. The lowest BCUT2D eigenvalue weighted by Crippen LogP contribution is -2.37. The van der Waals surface area contributed by atoms with Crippen molar-refractivity contribution in [3.63, 3.8) is 0 Å². The van der Waals surface area contributed by atoms with Crippen LogP contribution in [0.3, 0.4) is 0 Å². The van der Waals surface area contributed by atoms with E-state index in [1.54, 1.807) is 52.3 Å². The van der Waals surface area contributed by atoms with Gasteiger partial charge in [-0.1, -0.05) is 6.08 Å². The van der Waals surface area contributed by atoms with Crippen LogP contribution in [0.15, 0.2) is 47.5 Å². The number of pyridine rings is 2. The summed E-state index contributed by atoms with van der Waals surface area (Å²) in [5, 5.41) is 2.55. The summed E-state index contributed by atoms with van der Waals surface area (Å²) >= 11 is 0. The van der Waals surface area contributed by atoms with E-state index in [0.29, 0.717) is 16.7 Å². The number of H-pyrrole nitrogens is 1. The first kappa shape index (κ1) is 30.9. The van der Waals surface area contributed by atoms with Crippen molar-refractivity contribution < 1.29 is 28.2 Å². The third-order valence-electron chi connectivity index (χ3n) is 5.78. The highest BCUT2D eigenvalue weighted by Gasteiger charge is 2.24. The number of amides is 3. The van der Waals surface area contributed by atoms with Crippen molar-refractivity contribution in [3.8, 4) is 5.75 Å². The van der Waals surface area contributed by atoms with Crippen LogP contribution in [-0.2, 0) is 20.9 Å². The summed E-state index contributed by atoms with van der Waals surface area (Å²) in [7, 11) is 6.19. The number of likely N-dealkylation sites (N-methyl/N-ethyl adjacent to an activating group) is 1. The number of rotatable bonds is 11. The van der Waals surface area contributed by atoms with Crippen LogP contribution in [0.2, 0.25) is 0 Å². The molecule has 0 saturated carbocycles. The highest BCUT2D eigenvalue weighted by molar-refractivity contribution is 5.95. The smallest absolute Gasteiger partial charge is 0.410 e. The fourth-order valence-electron chi connectivity index (χ4n) is 3.72. The number of hydrogen-bond acceptors (Lipinski definition) is 7. The second-order valence-corrected chi connectivity index (χ2v) is 9.98. The highest BCUT2D eigenvalue weighted by Crippen LogP contribution is 2.28. The molecular weight excluding hydrogens is 535 g/mol. The maximum absolute atomic E-state index is 14.4. The number of ether oxygens (including phenoxy) is 2. The minimum atomic E-state index is -1.22. The molecule has 1 unspecified atom stereocenters. The molecule has 3 aromatic rings. The van der Waals surface area contributed by atoms with E-state index in [2.05, 4.69) is 15.3 Å². The number of halogens is 1. The van der Waals surface area contributed by atoms with Crippen LogP contribution >= 0.6 is 0 Å². The quantitative estimate of drug-likeness (QED) is 0.338. The van der Waals surface area contributed by atoms with Crippen LogP contribution in [0.5, 0.6) is 5.75 Å². The maximum atomic E-state index is 14.4. The lowest BCUT2D eigenvalue weighted by atomic mass is 10.1. The molecule has 13 heteroatoms. The van der Waals surface area contributed by atoms with E-state index >= 15 is 0 Å². The minimum Gasteiger partial charge on any atom is -0.486 e. The molecule has 0 radical (unpaired) electrons. The summed E-state index contributed by atoms with van der Waals surface area (Å²) in [6.07, 6.45) is 3.72. The van der Waals surface area contributed by atoms with E-state index in [-0.39, 0.29) is 42.8 Å². The van der Waals surface area contributed by atoms with E-state index in [1.807, 2.05) is 0 Å². The molecule has 41 heavy (non-hydrogen) atoms. The summed E-state index contributed by atoms with van der Waals surface area (Å²) in [4.78, 5) is 60.0. The molecule has 3 rings (SSSR count). The molecule has 12 nitrogen and oxygen atoms in total. The van der Waals surface area contributed by atoms with Gasteiger partial charge in [-0.25, -0.2) is 9.18 Å². The number of nitrogens with one attached hydrogen (secondary N) is 2. The molecule has 2 N–H and O–H groups in total. The second-order valence-electron chi connectivity index (χ2n) is 9.98. The van der Waals surface area contributed by atoms with Gasteiger partial charge < -0.3 is 34.1 Å². The number of anilines is 1. The lowest BCUT2D eigenvalue weighted by molar-refractivity contribution is -0.125. The number of nitrogens with zero attached hydrogens (tertiary/aromatic N) is 4. The van der Waals surface area contributed by atoms with Gasteiger partial charge in [-0.05, 0) is 51.0 Å². The molecule has 3 heterocycles. The minimum absolute atomic E-state index is 0.0224. The molecule has 0 bridgehead atoms. The van der Waals surface area contributed by atoms with Gasteiger partial charge in [-0.15, -0.1) is 0 Å². The largest absolute Gasteiger partial charge is 0.486 e. The fourth-order valence-corrected chi connectivity index (χ4v) is 3.72. The number of aromatic nitrogens is 3. The lowest BCUT2D eigenvalue weighted by Gasteiger charge is -2.19. The zero-order valence-corrected chi connectivity index (χ0v) is 23.9. The number of carbonyl (C=O) groups is 3. The summed E-state index contributed by atoms with van der Waals surface area (Å²) in [5.74, 6) is -1.47. The van der Waals surface area contributed by atoms with E-state index in [0.717, 1.165) is 6.20 Å². The van der Waals surface area contributed by atoms with Gasteiger partial charge in [0.1, 0.15) is 11.2 Å². The number of aromatic amines is 1. The molecule has 0 aromatic carbocycles. The zero-order chi connectivity index (χ0) is 30.3. The van der Waals surface area contributed by atoms with Crippen LogP contribution in [-0.4, -0.2) is 82.6 Å². The van der Waals surface area contributed by atoms with Gasteiger partial charge in [0, 0.05) is 40.1 Å². The van der Waals surface area contributed by atoms with E-state index < -0.39 is 29.5 Å². The summed E-state index contributed by atoms with van der Waals surface area (Å²) in [5.41, 5.74) is 0.881. The van der Waals surface area contributed by atoms with E-state index in [4.69, 9.17) is 9.47 Å². The van der Waals surface area contributed by atoms with Gasteiger partial charge in [0.15, 0.2) is 17.7 Å². The highest BCUT2D eigenvalue weighted by atomic mass is 19.1. The summed E-state index contributed by atoms with van der Waals surface area (Å²) < 4.78 is 26.6. The molecule has 0 fully saturated rings. The molecule has 0 saturated heterocycles. The molecule has 220 valence electrons. The third kappa shape index (κ3) is 8.16. The van der Waals surface area contributed by atoms with Crippen LogP contribution in [0.4, 0.5) is 14.9 Å². The van der Waals surface area contributed by atoms with Gasteiger partial charge in [0.2, 0.25) is 5.91 Å². The normalized spacial score (nSPS) is 12.0. The van der Waals surface area contributed by atoms with Crippen LogP contribution in [0.25, 0.3) is 11.0 Å². The van der Waals surface area contributed by atoms with Gasteiger partial charge in [0.05, 0.1) is 24.4 Å². The van der Waals surface area contributed by atoms with Crippen molar-refractivity contribution in [1.29, 1.82) is 0 Å². The van der Waals surface area contributed by atoms with Crippen LogP contribution < -0.4 is 15.6 Å². The zero-order valence-electron chi connectivity index (χ0n) is 23.9. The average Bonchev–Trinajstić information content (AvgIpc) is 3.32. The number of fused-ring (bicyclic) bond motifs is 1. The first-order valence-corrected chi connectivity index (χ1v) is 13.0. The summed E-state index contributed by atoms with van der Waals surface area (Å²) in [6.45, 7) is 3.64. The summed E-state index contributed by atoms with van der Waals surface area (Å²) in [6, 6.07) is 4.71. The molecule has 3 aromatic heterocycles. The Morgan fingerprint density at radius 1 is 1.20 bits per heavy atom. The molecular formula is C28H35FN6O6. The average molecular weight is 571 g/mol. The van der Waals surface area contributed by atoms with Crippen molar-refractivity contribution in [2.75, 3.05) is 33.5 Å². The van der Waals surface area contributed by atoms with Gasteiger partial charge in [0.25, 0.3) is 11.5 Å². The molecule has 0 spiro atoms. The molecule has 0 aliphatic carbocycles. The second kappa shape index (κ2) is 13.6. The predicted octanol–water partition coefficient (Wildman–Crippen LogP) is 3.13. The van der Waals surface area contributed by atoms with Gasteiger partial charge in [-0.2, -0.15) is 0 Å². The predicted molar refractivity (Wildman–Crippen MR) is 151 cm³/mol. The third-order valence-corrected chi connectivity index (χ3v) is 5.78. The van der Waals surface area contributed by atoms with Crippen LogP contribution in [0, 0.1) is 5.82 Å². The molecule has 1 atom stereocenters. The van der Waals surface area contributed by atoms with E-state index in [9.17, 15) is 23.6 Å². The Bertz CT molecular complexity index is 1490. The maximum Gasteiger partial charge on any atom is 0.410 e.